The first-order valence-electron chi connectivity index (χ1n) is 9.24. The van der Waals surface area contributed by atoms with E-state index in [1.807, 2.05) is 59.3 Å². The number of hydrogen-bond acceptors (Lipinski definition) is 6. The van der Waals surface area contributed by atoms with E-state index in [1.165, 1.54) is 0 Å². The first kappa shape index (κ1) is 18.6. The standard InChI is InChI=1S/C20H21N5O2S/c26-19(21-17-5-2-1-3-6-17)16-10-8-15(9-11-16)14-28-20-22-23-24-25(20)13-18-7-4-12-27-18/h1-3,5-6,8-11,18H,4,7,12-14H2,(H,21,26)/t18-/m1/s1. The number of thioether (sulfide) groups is 1. The highest BCUT2D eigenvalue weighted by atomic mass is 32.2. The third-order valence-electron chi connectivity index (χ3n) is 4.52. The van der Waals surface area contributed by atoms with E-state index in [2.05, 4.69) is 20.8 Å². The van der Waals surface area contributed by atoms with Crippen LogP contribution in [0.15, 0.2) is 59.8 Å². The average Bonchev–Trinajstić information content (AvgIpc) is 3.40. The van der Waals surface area contributed by atoms with Crippen molar-refractivity contribution in [2.75, 3.05) is 11.9 Å². The van der Waals surface area contributed by atoms with Gasteiger partial charge in [-0.25, -0.2) is 4.68 Å². The lowest BCUT2D eigenvalue weighted by Crippen LogP contribution is -2.16. The smallest absolute Gasteiger partial charge is 0.255 e. The van der Waals surface area contributed by atoms with E-state index in [-0.39, 0.29) is 12.0 Å². The highest BCUT2D eigenvalue weighted by Crippen LogP contribution is 2.22. The molecule has 0 radical (unpaired) electrons. The molecular formula is C20H21N5O2S. The highest BCUT2D eigenvalue weighted by molar-refractivity contribution is 7.98. The van der Waals surface area contributed by atoms with Gasteiger partial charge in [-0.05, 0) is 53.1 Å². The molecule has 2 heterocycles. The van der Waals surface area contributed by atoms with Crippen LogP contribution in [0.2, 0.25) is 0 Å². The molecular weight excluding hydrogens is 374 g/mol. The van der Waals surface area contributed by atoms with E-state index in [1.54, 1.807) is 11.8 Å². The zero-order chi connectivity index (χ0) is 19.2. The van der Waals surface area contributed by atoms with Crippen molar-refractivity contribution in [3.05, 3.63) is 65.7 Å². The first-order valence-corrected chi connectivity index (χ1v) is 10.2. The fourth-order valence-electron chi connectivity index (χ4n) is 3.02. The average molecular weight is 395 g/mol. The second-order valence-electron chi connectivity index (χ2n) is 6.58. The van der Waals surface area contributed by atoms with Crippen molar-refractivity contribution in [1.82, 2.24) is 20.2 Å². The summed E-state index contributed by atoms with van der Waals surface area (Å²) in [6.45, 7) is 1.51. The molecule has 1 atom stereocenters. The van der Waals surface area contributed by atoms with Crippen molar-refractivity contribution in [3.8, 4) is 0 Å². The summed E-state index contributed by atoms with van der Waals surface area (Å²) >= 11 is 1.58. The number of tetrazole rings is 1. The van der Waals surface area contributed by atoms with Crippen molar-refractivity contribution < 1.29 is 9.53 Å². The summed E-state index contributed by atoms with van der Waals surface area (Å²) in [6, 6.07) is 17.0. The number of amides is 1. The Labute approximate surface area is 167 Å². The first-order chi connectivity index (χ1) is 13.8. The van der Waals surface area contributed by atoms with Crippen molar-refractivity contribution in [2.45, 2.75) is 36.4 Å². The Morgan fingerprint density at radius 1 is 1.18 bits per heavy atom. The number of carbonyl (C=O) groups excluding carboxylic acids is 1. The highest BCUT2D eigenvalue weighted by Gasteiger charge is 2.19. The molecule has 144 valence electrons. The molecule has 0 bridgehead atoms. The Bertz CT molecular complexity index is 908. The second-order valence-corrected chi connectivity index (χ2v) is 7.53. The maximum absolute atomic E-state index is 12.3. The molecule has 0 saturated carbocycles. The van der Waals surface area contributed by atoms with Crippen LogP contribution in [0.25, 0.3) is 0 Å². The molecule has 2 aromatic carbocycles. The molecule has 8 heteroatoms. The number of anilines is 1. The van der Waals surface area contributed by atoms with Crippen LogP contribution >= 0.6 is 11.8 Å². The summed E-state index contributed by atoms with van der Waals surface area (Å²) in [5.41, 5.74) is 2.51. The molecule has 0 spiro atoms. The van der Waals surface area contributed by atoms with Gasteiger partial charge in [0.15, 0.2) is 0 Å². The van der Waals surface area contributed by atoms with E-state index < -0.39 is 0 Å². The normalized spacial score (nSPS) is 16.2. The number of aromatic nitrogens is 4. The summed E-state index contributed by atoms with van der Waals surface area (Å²) in [7, 11) is 0. The van der Waals surface area contributed by atoms with Crippen LogP contribution in [0.4, 0.5) is 5.69 Å². The lowest BCUT2D eigenvalue weighted by Gasteiger charge is -2.10. The van der Waals surface area contributed by atoms with E-state index >= 15 is 0 Å². The minimum atomic E-state index is -0.120. The molecule has 1 aliphatic rings. The van der Waals surface area contributed by atoms with Gasteiger partial charge in [0.05, 0.1) is 12.6 Å². The fourth-order valence-corrected chi connectivity index (χ4v) is 3.86. The van der Waals surface area contributed by atoms with E-state index in [9.17, 15) is 4.79 Å². The van der Waals surface area contributed by atoms with Gasteiger partial charge in [-0.1, -0.05) is 42.1 Å². The molecule has 1 aromatic heterocycles. The number of benzene rings is 2. The van der Waals surface area contributed by atoms with Crippen molar-refractivity contribution in [1.29, 1.82) is 0 Å². The molecule has 1 aliphatic heterocycles. The maximum atomic E-state index is 12.3. The van der Waals surface area contributed by atoms with Gasteiger partial charge in [0.1, 0.15) is 0 Å². The number of rotatable bonds is 7. The molecule has 7 nitrogen and oxygen atoms in total. The van der Waals surface area contributed by atoms with Gasteiger partial charge < -0.3 is 10.1 Å². The van der Waals surface area contributed by atoms with Crippen LogP contribution in [0.3, 0.4) is 0 Å². The van der Waals surface area contributed by atoms with Crippen LogP contribution in [-0.2, 0) is 17.0 Å². The number of para-hydroxylation sites is 1. The van der Waals surface area contributed by atoms with Crippen molar-refractivity contribution in [3.63, 3.8) is 0 Å². The lowest BCUT2D eigenvalue weighted by atomic mass is 10.1. The SMILES string of the molecule is O=C(Nc1ccccc1)c1ccc(CSc2nnnn2C[C@H]2CCCO2)cc1. The largest absolute Gasteiger partial charge is 0.376 e. The second kappa shape index (κ2) is 8.99. The number of ether oxygens (including phenoxy) is 1. The molecule has 28 heavy (non-hydrogen) atoms. The third kappa shape index (κ3) is 4.76. The Kier molecular flexibility index (Phi) is 5.98. The van der Waals surface area contributed by atoms with Gasteiger partial charge in [0.25, 0.3) is 5.91 Å². The van der Waals surface area contributed by atoms with Gasteiger partial charge in [-0.3, -0.25) is 4.79 Å². The number of carbonyl (C=O) groups is 1. The van der Waals surface area contributed by atoms with E-state index in [0.717, 1.165) is 41.6 Å². The molecule has 1 fully saturated rings. The van der Waals surface area contributed by atoms with Gasteiger partial charge in [-0.15, -0.1) is 5.10 Å². The molecule has 1 amide bonds. The van der Waals surface area contributed by atoms with Crippen molar-refractivity contribution in [2.24, 2.45) is 0 Å². The van der Waals surface area contributed by atoms with Gasteiger partial charge in [-0.2, -0.15) is 0 Å². The Morgan fingerprint density at radius 3 is 2.75 bits per heavy atom. The maximum Gasteiger partial charge on any atom is 0.255 e. The minimum Gasteiger partial charge on any atom is -0.376 e. The van der Waals surface area contributed by atoms with Gasteiger partial charge in [0.2, 0.25) is 5.16 Å². The predicted octanol–water partition coefficient (Wildman–Crippen LogP) is 3.40. The van der Waals surface area contributed by atoms with Crippen LogP contribution in [0.5, 0.6) is 0 Å². The monoisotopic (exact) mass is 395 g/mol. The number of nitrogens with one attached hydrogen (secondary N) is 1. The molecule has 1 saturated heterocycles. The number of nitrogens with zero attached hydrogens (tertiary/aromatic N) is 4. The summed E-state index contributed by atoms with van der Waals surface area (Å²) < 4.78 is 7.47. The zero-order valence-corrected chi connectivity index (χ0v) is 16.1. The molecule has 1 N–H and O–H groups in total. The van der Waals surface area contributed by atoms with Gasteiger partial charge in [0, 0.05) is 23.6 Å². The molecule has 0 aliphatic carbocycles. The van der Waals surface area contributed by atoms with E-state index in [0.29, 0.717) is 12.1 Å². The van der Waals surface area contributed by atoms with Crippen LogP contribution in [-0.4, -0.2) is 38.8 Å². The van der Waals surface area contributed by atoms with E-state index in [4.69, 9.17) is 4.74 Å². The fraction of sp³-hybridized carbons (Fsp3) is 0.300. The third-order valence-corrected chi connectivity index (χ3v) is 5.54. The lowest BCUT2D eigenvalue weighted by molar-refractivity contribution is 0.0911. The quantitative estimate of drug-likeness (QED) is 0.618. The summed E-state index contributed by atoms with van der Waals surface area (Å²) in [5.74, 6) is 0.609. The van der Waals surface area contributed by atoms with Crippen LogP contribution in [0, 0.1) is 0 Å². The predicted molar refractivity (Wildman–Crippen MR) is 107 cm³/mol. The summed E-state index contributed by atoms with van der Waals surface area (Å²) in [6.07, 6.45) is 2.35. The summed E-state index contributed by atoms with van der Waals surface area (Å²) in [5, 5.41) is 15.6. The topological polar surface area (TPSA) is 81.9 Å². The molecule has 0 unspecified atom stereocenters. The Balaban J connectivity index is 1.32. The molecule has 3 aromatic rings. The Morgan fingerprint density at radius 2 is 2.00 bits per heavy atom. The number of hydrogen-bond donors (Lipinski definition) is 1. The van der Waals surface area contributed by atoms with Crippen LogP contribution < -0.4 is 5.32 Å². The minimum absolute atomic E-state index is 0.120. The summed E-state index contributed by atoms with van der Waals surface area (Å²) in [4.78, 5) is 12.3. The zero-order valence-electron chi connectivity index (χ0n) is 15.3. The van der Waals surface area contributed by atoms with Gasteiger partial charge >= 0.3 is 0 Å². The Hall–Kier alpha value is -2.71. The molecule has 4 rings (SSSR count). The van der Waals surface area contributed by atoms with Crippen molar-refractivity contribution >= 4 is 23.4 Å². The van der Waals surface area contributed by atoms with Crippen LogP contribution in [0.1, 0.15) is 28.8 Å².